The fourth-order valence-corrected chi connectivity index (χ4v) is 9.43. The van der Waals surface area contributed by atoms with E-state index in [1.54, 1.807) is 5.56 Å². The van der Waals surface area contributed by atoms with Crippen LogP contribution >= 0.6 is 0 Å². The average molecular weight is 574 g/mol. The number of H-pyrrole nitrogens is 1. The Morgan fingerprint density at radius 2 is 1.77 bits per heavy atom. The van der Waals surface area contributed by atoms with Gasteiger partial charge in [0, 0.05) is 78.8 Å². The highest BCUT2D eigenvalue weighted by Crippen LogP contribution is 2.57. The van der Waals surface area contributed by atoms with Crippen LogP contribution in [0.2, 0.25) is 0 Å². The number of aryl methyl sites for hydroxylation is 1. The van der Waals surface area contributed by atoms with Gasteiger partial charge in [-0.15, -0.1) is 0 Å². The standard InChI is InChI=1S/C37H43N5O/c1-24-14-31(26-2-3-26)32(30-10-12-39-34(24)30)19-40-13-11-36(15-25(16-36)18-38)17-33(40)27-4-6-28(7-5-27)35(43)42-22-37(23-42)20-41(21-37)29-8-9-29/h4-7,10,12,14,25-26,29,33,39H,2-3,8-9,11,13,15-17,19-23H2,1H3/t25?,33-,36?/m0/s1. The summed E-state index contributed by atoms with van der Waals surface area (Å²) in [5, 5.41) is 10.9. The molecule has 3 saturated heterocycles. The summed E-state index contributed by atoms with van der Waals surface area (Å²) in [4.78, 5) is 24.3. The van der Waals surface area contributed by atoms with Gasteiger partial charge in [-0.2, -0.15) is 5.26 Å². The van der Waals surface area contributed by atoms with Gasteiger partial charge in [0.2, 0.25) is 0 Å². The zero-order valence-electron chi connectivity index (χ0n) is 25.4. The maximum Gasteiger partial charge on any atom is 0.253 e. The van der Waals surface area contributed by atoms with Gasteiger partial charge in [0.05, 0.1) is 6.07 Å². The lowest BCUT2D eigenvalue weighted by Gasteiger charge is -2.60. The molecule has 1 N–H and O–H groups in total. The molecule has 3 aliphatic heterocycles. The van der Waals surface area contributed by atoms with Gasteiger partial charge in [0.25, 0.3) is 5.91 Å². The molecule has 6 aliphatic rings. The highest BCUT2D eigenvalue weighted by Gasteiger charge is 2.56. The lowest BCUT2D eigenvalue weighted by atomic mass is 9.56. The Bertz CT molecular complexity index is 1620. The number of rotatable bonds is 6. The second-order valence-electron chi connectivity index (χ2n) is 15.4. The number of aromatic nitrogens is 1. The number of likely N-dealkylation sites (tertiary alicyclic amines) is 3. The minimum Gasteiger partial charge on any atom is -0.361 e. The second kappa shape index (κ2) is 9.43. The lowest BCUT2D eigenvalue weighted by Crippen LogP contribution is -2.73. The molecule has 1 atom stereocenters. The van der Waals surface area contributed by atoms with Gasteiger partial charge < -0.3 is 9.88 Å². The minimum absolute atomic E-state index is 0.193. The van der Waals surface area contributed by atoms with Crippen molar-refractivity contribution in [3.05, 3.63) is 70.4 Å². The molecule has 2 spiro atoms. The van der Waals surface area contributed by atoms with Gasteiger partial charge in [-0.25, -0.2) is 0 Å². The van der Waals surface area contributed by atoms with Gasteiger partial charge in [-0.3, -0.25) is 14.6 Å². The predicted molar refractivity (Wildman–Crippen MR) is 168 cm³/mol. The van der Waals surface area contributed by atoms with E-state index in [-0.39, 0.29) is 17.2 Å². The summed E-state index contributed by atoms with van der Waals surface area (Å²) in [5.41, 5.74) is 8.49. The topological polar surface area (TPSA) is 66.4 Å². The molecule has 6 fully saturated rings. The van der Waals surface area contributed by atoms with E-state index in [1.807, 2.05) is 0 Å². The zero-order valence-corrected chi connectivity index (χ0v) is 25.4. The first-order chi connectivity index (χ1) is 20.9. The summed E-state index contributed by atoms with van der Waals surface area (Å²) in [6.45, 7) is 8.46. The fraction of sp³-hybridized carbons (Fsp3) is 0.568. The van der Waals surface area contributed by atoms with E-state index < -0.39 is 0 Å². The van der Waals surface area contributed by atoms with Gasteiger partial charge in [0.15, 0.2) is 0 Å². The van der Waals surface area contributed by atoms with Crippen molar-refractivity contribution in [1.82, 2.24) is 19.7 Å². The van der Waals surface area contributed by atoms with Crippen LogP contribution < -0.4 is 0 Å². The Balaban J connectivity index is 0.962. The SMILES string of the molecule is Cc1cc(C2CC2)c(CN2CCC3(CC(C#N)C3)C[C@H]2c2ccc(C(=O)N3CC4(C3)CN(C3CC3)C4)cc2)c2cc[nH]c12. The van der Waals surface area contributed by atoms with Gasteiger partial charge in [0.1, 0.15) is 0 Å². The van der Waals surface area contributed by atoms with Crippen molar-refractivity contribution in [3.63, 3.8) is 0 Å². The number of nitriles is 1. The Kier molecular flexibility index (Phi) is 5.76. The molecule has 0 unspecified atom stereocenters. The molecule has 6 nitrogen and oxygen atoms in total. The summed E-state index contributed by atoms with van der Waals surface area (Å²) >= 11 is 0. The largest absolute Gasteiger partial charge is 0.361 e. The third-order valence-electron chi connectivity index (χ3n) is 12.1. The van der Waals surface area contributed by atoms with Crippen LogP contribution in [-0.4, -0.2) is 64.4 Å². The molecular formula is C37H43N5O. The maximum absolute atomic E-state index is 13.4. The first kappa shape index (κ1) is 26.3. The molecule has 2 aromatic carbocycles. The number of amides is 1. The molecule has 222 valence electrons. The Labute approximate surface area is 255 Å². The number of hydrogen-bond donors (Lipinski definition) is 1. The molecular weight excluding hydrogens is 530 g/mol. The lowest BCUT2D eigenvalue weighted by molar-refractivity contribution is -0.102. The monoisotopic (exact) mass is 573 g/mol. The van der Waals surface area contributed by atoms with Crippen LogP contribution in [0.5, 0.6) is 0 Å². The van der Waals surface area contributed by atoms with Crippen molar-refractivity contribution in [3.8, 4) is 6.07 Å². The molecule has 1 amide bonds. The number of nitrogens with one attached hydrogen (secondary N) is 1. The quantitative estimate of drug-likeness (QED) is 0.364. The number of benzene rings is 2. The van der Waals surface area contributed by atoms with E-state index in [9.17, 15) is 10.1 Å². The van der Waals surface area contributed by atoms with E-state index >= 15 is 0 Å². The third-order valence-corrected chi connectivity index (χ3v) is 12.1. The van der Waals surface area contributed by atoms with Gasteiger partial charge in [-0.05, 0) is 117 Å². The van der Waals surface area contributed by atoms with Crippen molar-refractivity contribution in [2.24, 2.45) is 16.7 Å². The van der Waals surface area contributed by atoms with E-state index in [0.717, 1.165) is 57.0 Å². The molecule has 0 bridgehead atoms. The highest BCUT2D eigenvalue weighted by molar-refractivity contribution is 5.95. The number of piperidine rings is 1. The van der Waals surface area contributed by atoms with E-state index in [1.165, 1.54) is 72.8 Å². The normalized spacial score (nSPS) is 30.2. The molecule has 3 aromatic rings. The van der Waals surface area contributed by atoms with Crippen LogP contribution in [0.15, 0.2) is 42.6 Å². The summed E-state index contributed by atoms with van der Waals surface area (Å²) in [6, 6.07) is 17.0. The zero-order chi connectivity index (χ0) is 28.9. The van der Waals surface area contributed by atoms with Crippen LogP contribution in [0.4, 0.5) is 0 Å². The molecule has 43 heavy (non-hydrogen) atoms. The number of hydrogen-bond acceptors (Lipinski definition) is 4. The predicted octanol–water partition coefficient (Wildman–Crippen LogP) is 6.53. The number of carbonyl (C=O) groups is 1. The Morgan fingerprint density at radius 1 is 1.00 bits per heavy atom. The van der Waals surface area contributed by atoms with Crippen LogP contribution in [0.25, 0.3) is 10.9 Å². The fourth-order valence-electron chi connectivity index (χ4n) is 9.43. The van der Waals surface area contributed by atoms with E-state index in [0.29, 0.717) is 17.4 Å². The van der Waals surface area contributed by atoms with Crippen LogP contribution in [-0.2, 0) is 6.54 Å². The number of fused-ring (bicyclic) bond motifs is 1. The molecule has 4 heterocycles. The molecule has 1 aromatic heterocycles. The summed E-state index contributed by atoms with van der Waals surface area (Å²) < 4.78 is 0. The number of carbonyl (C=O) groups excluding carboxylic acids is 1. The van der Waals surface area contributed by atoms with Crippen LogP contribution in [0.3, 0.4) is 0 Å². The third kappa shape index (κ3) is 4.37. The average Bonchev–Trinajstić information content (AvgIpc) is 3.90. The summed E-state index contributed by atoms with van der Waals surface area (Å²) in [5.74, 6) is 1.11. The van der Waals surface area contributed by atoms with Crippen LogP contribution in [0.1, 0.15) is 95.9 Å². The van der Waals surface area contributed by atoms with Gasteiger partial charge >= 0.3 is 0 Å². The second-order valence-corrected chi connectivity index (χ2v) is 15.4. The van der Waals surface area contributed by atoms with Crippen molar-refractivity contribution >= 4 is 16.8 Å². The molecule has 3 aliphatic carbocycles. The molecule has 3 saturated carbocycles. The molecule has 6 heteroatoms. The van der Waals surface area contributed by atoms with Crippen LogP contribution in [0, 0.1) is 35.0 Å². The number of nitrogens with zero attached hydrogens (tertiary/aromatic N) is 4. The summed E-state index contributed by atoms with van der Waals surface area (Å²) in [6.07, 6.45) is 11.8. The smallest absolute Gasteiger partial charge is 0.253 e. The Morgan fingerprint density at radius 3 is 2.47 bits per heavy atom. The highest BCUT2D eigenvalue weighted by atomic mass is 16.2. The minimum atomic E-state index is 0.193. The van der Waals surface area contributed by atoms with Gasteiger partial charge in [-0.1, -0.05) is 18.2 Å². The Hall–Kier alpha value is -3.14. The molecule has 0 radical (unpaired) electrons. The first-order valence-corrected chi connectivity index (χ1v) is 16.8. The van der Waals surface area contributed by atoms with Crippen molar-refractivity contribution in [1.29, 1.82) is 5.26 Å². The van der Waals surface area contributed by atoms with Crippen molar-refractivity contribution in [2.45, 2.75) is 82.8 Å². The summed E-state index contributed by atoms with van der Waals surface area (Å²) in [7, 11) is 0. The van der Waals surface area contributed by atoms with E-state index in [4.69, 9.17) is 0 Å². The van der Waals surface area contributed by atoms with Crippen molar-refractivity contribution in [2.75, 3.05) is 32.7 Å². The first-order valence-electron chi connectivity index (χ1n) is 16.8. The van der Waals surface area contributed by atoms with Crippen molar-refractivity contribution < 1.29 is 4.79 Å². The maximum atomic E-state index is 13.4. The van der Waals surface area contributed by atoms with E-state index in [2.05, 4.69) is 75.3 Å². The molecule has 9 rings (SSSR count). The number of aromatic amines is 1.